The molecule has 1 atom stereocenters. The molecule has 0 heterocycles. The number of benzene rings is 2. The van der Waals surface area contributed by atoms with Crippen LogP contribution in [-0.2, 0) is 12.8 Å². The van der Waals surface area contributed by atoms with E-state index in [-0.39, 0.29) is 17.8 Å². The predicted molar refractivity (Wildman–Crippen MR) is 129 cm³/mol. The van der Waals surface area contributed by atoms with E-state index in [0.717, 1.165) is 44.1 Å². The van der Waals surface area contributed by atoms with Crippen molar-refractivity contribution in [1.82, 2.24) is 0 Å². The maximum absolute atomic E-state index is 14.4. The highest BCUT2D eigenvalue weighted by Gasteiger charge is 2.31. The zero-order valence-electron chi connectivity index (χ0n) is 19.2. The molecule has 1 N–H and O–H groups in total. The summed E-state index contributed by atoms with van der Waals surface area (Å²) in [6, 6.07) is 16.1. The second-order valence-electron chi connectivity index (χ2n) is 8.97. The third kappa shape index (κ3) is 6.17. The van der Waals surface area contributed by atoms with Crippen LogP contribution in [0.4, 0.5) is 4.39 Å². The van der Waals surface area contributed by atoms with Crippen LogP contribution < -0.4 is 0 Å². The van der Waals surface area contributed by atoms with Gasteiger partial charge in [-0.05, 0) is 73.1 Å². The molecule has 1 aliphatic rings. The molecule has 2 aromatic rings. The van der Waals surface area contributed by atoms with E-state index in [9.17, 15) is 9.50 Å². The van der Waals surface area contributed by atoms with E-state index in [1.54, 1.807) is 6.07 Å². The lowest BCUT2D eigenvalue weighted by atomic mass is 9.69. The second kappa shape index (κ2) is 11.4. The van der Waals surface area contributed by atoms with Gasteiger partial charge in [-0.2, -0.15) is 0 Å². The maximum atomic E-state index is 14.4. The highest BCUT2D eigenvalue weighted by atomic mass is 19.1. The lowest BCUT2D eigenvalue weighted by Gasteiger charge is -2.35. The van der Waals surface area contributed by atoms with Crippen molar-refractivity contribution in [3.63, 3.8) is 0 Å². The van der Waals surface area contributed by atoms with Gasteiger partial charge in [0.05, 0.1) is 0 Å². The largest absolute Gasteiger partial charge is 0.396 e. The first-order valence-electron chi connectivity index (χ1n) is 12.0. The molecule has 1 aliphatic carbocycles. The van der Waals surface area contributed by atoms with Crippen molar-refractivity contribution in [2.75, 3.05) is 6.61 Å². The van der Waals surface area contributed by atoms with Crippen LogP contribution in [0.5, 0.6) is 0 Å². The van der Waals surface area contributed by atoms with Crippen LogP contribution in [0.1, 0.15) is 75.5 Å². The minimum Gasteiger partial charge on any atom is -0.396 e. The standard InChI is InChI=1S/C29H37FO/c1-3-5-6-9-23-12-14-24(15-13-23)16-18-29(20-21-31)19-17-26(25(4-2)22-29)27-10-7-8-11-28(27)30/h7-8,10-15,17,19,31H,3-6,9,16,18,20-22H2,1-2H3. The van der Waals surface area contributed by atoms with Gasteiger partial charge >= 0.3 is 0 Å². The quantitative estimate of drug-likeness (QED) is 0.370. The molecule has 2 heteroatoms. The number of unbranched alkanes of at least 4 members (excludes halogenated alkanes) is 2. The topological polar surface area (TPSA) is 20.2 Å². The molecule has 0 aromatic heterocycles. The van der Waals surface area contributed by atoms with Crippen LogP contribution >= 0.6 is 0 Å². The van der Waals surface area contributed by atoms with Gasteiger partial charge < -0.3 is 5.11 Å². The second-order valence-corrected chi connectivity index (χ2v) is 8.97. The summed E-state index contributed by atoms with van der Waals surface area (Å²) in [6.45, 7) is 4.56. The fourth-order valence-electron chi connectivity index (χ4n) is 4.77. The van der Waals surface area contributed by atoms with Gasteiger partial charge in [-0.25, -0.2) is 4.39 Å². The average molecular weight is 421 g/mol. The fourth-order valence-corrected chi connectivity index (χ4v) is 4.77. The lowest BCUT2D eigenvalue weighted by molar-refractivity contribution is 0.207. The molecule has 0 fully saturated rings. The van der Waals surface area contributed by atoms with E-state index < -0.39 is 0 Å². The maximum Gasteiger partial charge on any atom is 0.131 e. The number of aliphatic hydroxyl groups is 1. The van der Waals surface area contributed by atoms with Crippen molar-refractivity contribution in [2.45, 2.75) is 71.6 Å². The first-order chi connectivity index (χ1) is 15.1. The van der Waals surface area contributed by atoms with Gasteiger partial charge in [0.1, 0.15) is 5.82 Å². The average Bonchev–Trinajstić information content (AvgIpc) is 2.79. The molecule has 0 radical (unpaired) electrons. The Morgan fingerprint density at radius 3 is 2.26 bits per heavy atom. The van der Waals surface area contributed by atoms with Gasteiger partial charge in [0.2, 0.25) is 0 Å². The zero-order chi connectivity index (χ0) is 22.1. The van der Waals surface area contributed by atoms with Gasteiger partial charge in [0, 0.05) is 12.2 Å². The Kier molecular flexibility index (Phi) is 8.66. The van der Waals surface area contributed by atoms with Crippen LogP contribution in [0.25, 0.3) is 5.57 Å². The van der Waals surface area contributed by atoms with Crippen molar-refractivity contribution < 1.29 is 9.50 Å². The Balaban J connectivity index is 1.72. The summed E-state index contributed by atoms with van der Waals surface area (Å²) < 4.78 is 14.4. The first kappa shape index (κ1) is 23.5. The highest BCUT2D eigenvalue weighted by Crippen LogP contribution is 2.44. The van der Waals surface area contributed by atoms with Crippen molar-refractivity contribution >= 4 is 5.57 Å². The van der Waals surface area contributed by atoms with Gasteiger partial charge in [0.25, 0.3) is 0 Å². The molecular weight excluding hydrogens is 383 g/mol. The first-order valence-corrected chi connectivity index (χ1v) is 12.0. The Hall–Kier alpha value is -2.19. The van der Waals surface area contributed by atoms with Crippen molar-refractivity contribution in [1.29, 1.82) is 0 Å². The molecule has 0 aliphatic heterocycles. The lowest BCUT2D eigenvalue weighted by Crippen LogP contribution is -2.24. The molecule has 3 rings (SSSR count). The van der Waals surface area contributed by atoms with Crippen molar-refractivity contribution in [2.24, 2.45) is 5.41 Å². The normalized spacial score (nSPS) is 18.6. The monoisotopic (exact) mass is 420 g/mol. The molecule has 0 saturated carbocycles. The van der Waals surface area contributed by atoms with Gasteiger partial charge in [-0.3, -0.25) is 0 Å². The molecule has 0 saturated heterocycles. The Morgan fingerprint density at radius 2 is 1.61 bits per heavy atom. The van der Waals surface area contributed by atoms with Crippen LogP contribution in [0, 0.1) is 11.2 Å². The number of hydrogen-bond acceptors (Lipinski definition) is 1. The van der Waals surface area contributed by atoms with E-state index in [4.69, 9.17) is 0 Å². The molecule has 1 nitrogen and oxygen atoms in total. The van der Waals surface area contributed by atoms with Crippen molar-refractivity contribution in [3.8, 4) is 0 Å². The molecule has 31 heavy (non-hydrogen) atoms. The number of aryl methyl sites for hydroxylation is 2. The number of hydrogen-bond donors (Lipinski definition) is 1. The predicted octanol–water partition coefficient (Wildman–Crippen LogP) is 7.68. The summed E-state index contributed by atoms with van der Waals surface area (Å²) in [7, 11) is 0. The SMILES string of the molecule is CCCCCc1ccc(CCC2(CCO)C=CC(c3ccccc3F)=C(CC)C2)cc1. The number of aliphatic hydroxyl groups excluding tert-OH is 1. The Morgan fingerprint density at radius 1 is 0.903 bits per heavy atom. The van der Waals surface area contributed by atoms with Crippen LogP contribution in [-0.4, -0.2) is 11.7 Å². The molecule has 0 spiro atoms. The Bertz CT molecular complexity index is 893. The van der Waals surface area contributed by atoms with E-state index in [1.165, 1.54) is 42.0 Å². The summed E-state index contributed by atoms with van der Waals surface area (Å²) in [6.07, 6.45) is 13.8. The minimum atomic E-state index is -0.165. The molecular formula is C29H37FO. The van der Waals surface area contributed by atoms with E-state index >= 15 is 0 Å². The third-order valence-corrected chi connectivity index (χ3v) is 6.75. The van der Waals surface area contributed by atoms with Gasteiger partial charge in [-0.15, -0.1) is 0 Å². The molecule has 0 amide bonds. The van der Waals surface area contributed by atoms with E-state index in [1.807, 2.05) is 12.1 Å². The van der Waals surface area contributed by atoms with Crippen LogP contribution in [0.2, 0.25) is 0 Å². The smallest absolute Gasteiger partial charge is 0.131 e. The summed E-state index contributed by atoms with van der Waals surface area (Å²) in [5, 5.41) is 9.80. The summed E-state index contributed by atoms with van der Waals surface area (Å²) in [4.78, 5) is 0. The molecule has 1 unspecified atom stereocenters. The van der Waals surface area contributed by atoms with Crippen LogP contribution in [0.3, 0.4) is 0 Å². The highest BCUT2D eigenvalue weighted by molar-refractivity contribution is 5.78. The summed E-state index contributed by atoms with van der Waals surface area (Å²) >= 11 is 0. The third-order valence-electron chi connectivity index (χ3n) is 6.75. The number of rotatable bonds is 11. The zero-order valence-corrected chi connectivity index (χ0v) is 19.2. The van der Waals surface area contributed by atoms with Gasteiger partial charge in [0.15, 0.2) is 0 Å². The van der Waals surface area contributed by atoms with E-state index in [0.29, 0.717) is 5.56 Å². The number of halogens is 1. The summed E-state index contributed by atoms with van der Waals surface area (Å²) in [5.74, 6) is -0.165. The molecule has 166 valence electrons. The fraction of sp³-hybridized carbons (Fsp3) is 0.448. The molecule has 2 aromatic carbocycles. The minimum absolute atomic E-state index is 0.0609. The summed E-state index contributed by atoms with van der Waals surface area (Å²) in [5.41, 5.74) is 5.71. The van der Waals surface area contributed by atoms with Crippen LogP contribution in [0.15, 0.2) is 66.3 Å². The number of allylic oxidation sites excluding steroid dienone is 4. The van der Waals surface area contributed by atoms with E-state index in [2.05, 4.69) is 50.3 Å². The van der Waals surface area contributed by atoms with Gasteiger partial charge in [-0.1, -0.05) is 86.9 Å². The van der Waals surface area contributed by atoms with Crippen molar-refractivity contribution in [3.05, 3.63) is 88.8 Å². The molecule has 0 bridgehead atoms. The Labute approximate surface area is 187 Å².